The van der Waals surface area contributed by atoms with Gasteiger partial charge in [0.1, 0.15) is 0 Å². The Balaban J connectivity index is 2.65. The van der Waals surface area contributed by atoms with Crippen molar-refractivity contribution in [3.05, 3.63) is 0 Å². The Bertz CT molecular complexity index is 202. The maximum atomic E-state index is 12.1. The van der Waals surface area contributed by atoms with Crippen LogP contribution in [0.4, 0.5) is 0 Å². The van der Waals surface area contributed by atoms with E-state index in [0.717, 1.165) is 26.1 Å². The number of nitrogens with one attached hydrogen (secondary N) is 1. The van der Waals surface area contributed by atoms with E-state index >= 15 is 0 Å². The molecule has 82 valence electrons. The molecule has 3 heteroatoms. The number of likely N-dealkylation sites (N-methyl/N-ethyl adjacent to an activating group) is 1. The summed E-state index contributed by atoms with van der Waals surface area (Å²) in [4.78, 5) is 14.1. The van der Waals surface area contributed by atoms with E-state index in [1.165, 1.54) is 0 Å². The predicted octanol–water partition coefficient (Wildman–Crippen LogP) is 1.24. The van der Waals surface area contributed by atoms with Gasteiger partial charge in [0.15, 0.2) is 0 Å². The minimum absolute atomic E-state index is 0.251. The number of nitrogens with zero attached hydrogens (tertiary/aromatic N) is 1. The smallest absolute Gasteiger partial charge is 0.228 e. The Hall–Kier alpha value is -0.570. The molecule has 1 amide bonds. The van der Waals surface area contributed by atoms with Gasteiger partial charge in [-0.15, -0.1) is 0 Å². The molecule has 0 aromatic rings. The Morgan fingerprint density at radius 2 is 2.14 bits per heavy atom. The van der Waals surface area contributed by atoms with E-state index in [9.17, 15) is 4.79 Å². The lowest BCUT2D eigenvalue weighted by Gasteiger charge is -2.33. The molecule has 1 heterocycles. The van der Waals surface area contributed by atoms with Crippen molar-refractivity contribution < 1.29 is 4.79 Å². The van der Waals surface area contributed by atoms with E-state index in [-0.39, 0.29) is 11.3 Å². The molecule has 1 fully saturated rings. The third-order valence-corrected chi connectivity index (χ3v) is 2.72. The lowest BCUT2D eigenvalue weighted by atomic mass is 9.94. The number of amides is 1. The second-order valence-electron chi connectivity index (χ2n) is 4.99. The molecule has 3 nitrogen and oxygen atoms in total. The summed E-state index contributed by atoms with van der Waals surface area (Å²) in [5.41, 5.74) is -0.251. The van der Waals surface area contributed by atoms with Crippen molar-refractivity contribution in [1.29, 1.82) is 0 Å². The molecule has 0 spiro atoms. The van der Waals surface area contributed by atoms with Gasteiger partial charge in [0.25, 0.3) is 0 Å². The van der Waals surface area contributed by atoms with Crippen molar-refractivity contribution in [2.75, 3.05) is 19.6 Å². The SMILES string of the molecule is CCN(C(=O)C(C)(C)C)C1CCNC1. The molecule has 1 rings (SSSR count). The first kappa shape index (κ1) is 11.5. The van der Waals surface area contributed by atoms with Gasteiger partial charge in [-0.3, -0.25) is 4.79 Å². The average molecular weight is 198 g/mol. The highest BCUT2D eigenvalue weighted by Gasteiger charge is 2.32. The summed E-state index contributed by atoms with van der Waals surface area (Å²) in [7, 11) is 0. The summed E-state index contributed by atoms with van der Waals surface area (Å²) in [5, 5.41) is 3.30. The van der Waals surface area contributed by atoms with Crippen LogP contribution in [0.5, 0.6) is 0 Å². The van der Waals surface area contributed by atoms with Gasteiger partial charge in [0, 0.05) is 24.5 Å². The molecule has 1 aliphatic heterocycles. The normalized spacial score (nSPS) is 22.4. The summed E-state index contributed by atoms with van der Waals surface area (Å²) in [5.74, 6) is 0.272. The number of hydrogen-bond acceptors (Lipinski definition) is 2. The van der Waals surface area contributed by atoms with Gasteiger partial charge < -0.3 is 10.2 Å². The second kappa shape index (κ2) is 4.30. The van der Waals surface area contributed by atoms with E-state index in [0.29, 0.717) is 6.04 Å². The minimum atomic E-state index is -0.251. The monoisotopic (exact) mass is 198 g/mol. The van der Waals surface area contributed by atoms with Crippen LogP contribution in [0.25, 0.3) is 0 Å². The number of carbonyl (C=O) groups is 1. The topological polar surface area (TPSA) is 32.3 Å². The van der Waals surface area contributed by atoms with Gasteiger partial charge in [0.05, 0.1) is 0 Å². The van der Waals surface area contributed by atoms with Crippen molar-refractivity contribution in [1.82, 2.24) is 10.2 Å². The Morgan fingerprint density at radius 3 is 2.50 bits per heavy atom. The third kappa shape index (κ3) is 2.47. The molecule has 0 radical (unpaired) electrons. The second-order valence-corrected chi connectivity index (χ2v) is 4.99. The lowest BCUT2D eigenvalue weighted by molar-refractivity contribution is -0.141. The largest absolute Gasteiger partial charge is 0.338 e. The maximum Gasteiger partial charge on any atom is 0.228 e. The molecule has 1 N–H and O–H groups in total. The molecule has 0 aromatic heterocycles. The molecule has 1 saturated heterocycles. The van der Waals surface area contributed by atoms with Crippen LogP contribution in [0.2, 0.25) is 0 Å². The quantitative estimate of drug-likeness (QED) is 0.724. The highest BCUT2D eigenvalue weighted by molar-refractivity contribution is 5.81. The molecular formula is C11H22N2O. The van der Waals surface area contributed by atoms with Crippen molar-refractivity contribution in [3.63, 3.8) is 0 Å². The van der Waals surface area contributed by atoms with E-state index in [4.69, 9.17) is 0 Å². The third-order valence-electron chi connectivity index (χ3n) is 2.72. The van der Waals surface area contributed by atoms with Gasteiger partial charge in [-0.25, -0.2) is 0 Å². The van der Waals surface area contributed by atoms with Crippen molar-refractivity contribution in [2.45, 2.75) is 40.2 Å². The first-order chi connectivity index (χ1) is 6.46. The van der Waals surface area contributed by atoms with Gasteiger partial charge in [0.2, 0.25) is 5.91 Å². The minimum Gasteiger partial charge on any atom is -0.338 e. The molecule has 1 unspecified atom stereocenters. The van der Waals surface area contributed by atoms with E-state index in [2.05, 4.69) is 12.2 Å². The fourth-order valence-electron chi connectivity index (χ4n) is 1.90. The van der Waals surface area contributed by atoms with Crippen LogP contribution in [0.1, 0.15) is 34.1 Å². The summed E-state index contributed by atoms with van der Waals surface area (Å²) in [6, 6.07) is 0.409. The van der Waals surface area contributed by atoms with Crippen LogP contribution in [0, 0.1) is 5.41 Å². The molecular weight excluding hydrogens is 176 g/mol. The molecule has 0 bridgehead atoms. The first-order valence-corrected chi connectivity index (χ1v) is 5.48. The Labute approximate surface area is 86.9 Å². The number of rotatable bonds is 2. The summed E-state index contributed by atoms with van der Waals surface area (Å²) in [6.07, 6.45) is 1.09. The molecule has 1 atom stereocenters. The molecule has 1 aliphatic rings. The van der Waals surface area contributed by atoms with E-state index < -0.39 is 0 Å². The van der Waals surface area contributed by atoms with Crippen molar-refractivity contribution in [2.24, 2.45) is 5.41 Å². The van der Waals surface area contributed by atoms with Crippen molar-refractivity contribution >= 4 is 5.91 Å². The standard InChI is InChI=1S/C11H22N2O/c1-5-13(9-6-7-12-8-9)10(14)11(2,3)4/h9,12H,5-8H2,1-4H3. The van der Waals surface area contributed by atoms with Crippen LogP contribution in [-0.4, -0.2) is 36.5 Å². The van der Waals surface area contributed by atoms with Gasteiger partial charge >= 0.3 is 0 Å². The van der Waals surface area contributed by atoms with Gasteiger partial charge in [-0.1, -0.05) is 20.8 Å². The highest BCUT2D eigenvalue weighted by atomic mass is 16.2. The zero-order chi connectivity index (χ0) is 10.8. The van der Waals surface area contributed by atoms with E-state index in [1.807, 2.05) is 25.7 Å². The van der Waals surface area contributed by atoms with Crippen LogP contribution in [0.15, 0.2) is 0 Å². The Morgan fingerprint density at radius 1 is 1.50 bits per heavy atom. The summed E-state index contributed by atoms with van der Waals surface area (Å²) in [6.45, 7) is 10.8. The average Bonchev–Trinajstić information content (AvgIpc) is 2.57. The van der Waals surface area contributed by atoms with Crippen LogP contribution in [0.3, 0.4) is 0 Å². The lowest BCUT2D eigenvalue weighted by Crippen LogP contribution is -2.46. The predicted molar refractivity (Wildman–Crippen MR) is 58.1 cm³/mol. The van der Waals surface area contributed by atoms with Crippen LogP contribution < -0.4 is 5.32 Å². The summed E-state index contributed by atoms with van der Waals surface area (Å²) < 4.78 is 0. The van der Waals surface area contributed by atoms with Crippen molar-refractivity contribution in [3.8, 4) is 0 Å². The van der Waals surface area contributed by atoms with Gasteiger partial charge in [-0.05, 0) is 19.9 Å². The first-order valence-electron chi connectivity index (χ1n) is 5.48. The number of carbonyl (C=O) groups excluding carboxylic acids is 1. The zero-order valence-corrected chi connectivity index (χ0v) is 9.76. The molecule has 0 aliphatic carbocycles. The molecule has 14 heavy (non-hydrogen) atoms. The van der Waals surface area contributed by atoms with Crippen LogP contribution >= 0.6 is 0 Å². The fourth-order valence-corrected chi connectivity index (χ4v) is 1.90. The zero-order valence-electron chi connectivity index (χ0n) is 9.76. The highest BCUT2D eigenvalue weighted by Crippen LogP contribution is 2.20. The fraction of sp³-hybridized carbons (Fsp3) is 0.909. The number of hydrogen-bond donors (Lipinski definition) is 1. The maximum absolute atomic E-state index is 12.1. The Kier molecular flexibility index (Phi) is 3.53. The van der Waals surface area contributed by atoms with Gasteiger partial charge in [-0.2, -0.15) is 0 Å². The summed E-state index contributed by atoms with van der Waals surface area (Å²) >= 11 is 0. The molecule has 0 aromatic carbocycles. The van der Waals surface area contributed by atoms with E-state index in [1.54, 1.807) is 0 Å². The molecule has 0 saturated carbocycles. The van der Waals surface area contributed by atoms with Crippen LogP contribution in [-0.2, 0) is 4.79 Å².